The number of rotatable bonds is 42. The highest BCUT2D eigenvalue weighted by atomic mass is 16.5. The molecule has 6 heteroatoms. The van der Waals surface area contributed by atoms with Crippen molar-refractivity contribution in [2.24, 2.45) is 0 Å². The van der Waals surface area contributed by atoms with Gasteiger partial charge in [0.15, 0.2) is 0 Å². The monoisotopic (exact) mass is 774 g/mol. The maximum atomic E-state index is 13.1. The van der Waals surface area contributed by atoms with E-state index in [1.807, 2.05) is 0 Å². The van der Waals surface area contributed by atoms with Gasteiger partial charge in [0.1, 0.15) is 6.10 Å². The molecule has 0 aromatic carbocycles. The van der Waals surface area contributed by atoms with Crippen LogP contribution in [-0.4, -0.2) is 46.9 Å². The molecule has 322 valence electrons. The average molecular weight is 774 g/mol. The van der Waals surface area contributed by atoms with Crippen LogP contribution in [0.1, 0.15) is 239 Å². The normalized spacial score (nSPS) is 13.6. The number of hydrogen-bond acceptors (Lipinski definition) is 5. The first-order valence-electron chi connectivity index (χ1n) is 23.7. The molecular weight excluding hydrogens is 683 g/mol. The minimum absolute atomic E-state index is 0.0577. The molecule has 0 aliphatic rings. The summed E-state index contributed by atoms with van der Waals surface area (Å²) in [5.41, 5.74) is 0. The number of carbonyl (C=O) groups is 2. The number of hydrogen-bond donors (Lipinski definition) is 3. The second-order valence-corrected chi connectivity index (χ2v) is 16.2. The van der Waals surface area contributed by atoms with E-state index in [0.29, 0.717) is 19.3 Å². The third-order valence-corrected chi connectivity index (χ3v) is 10.7. The number of allylic oxidation sites excluding steroid dienone is 6. The Kier molecular flexibility index (Phi) is 41.7. The van der Waals surface area contributed by atoms with Gasteiger partial charge in [-0.3, -0.25) is 9.59 Å². The molecule has 0 bridgehead atoms. The quantitative estimate of drug-likeness (QED) is 0.0248. The van der Waals surface area contributed by atoms with Crippen LogP contribution in [0.15, 0.2) is 36.5 Å². The largest absolute Gasteiger partial charge is 0.462 e. The maximum absolute atomic E-state index is 13.1. The number of aliphatic hydroxyl groups excluding tert-OH is 2. The van der Waals surface area contributed by atoms with Gasteiger partial charge in [-0.25, -0.2) is 0 Å². The van der Waals surface area contributed by atoms with E-state index >= 15 is 0 Å². The number of esters is 1. The van der Waals surface area contributed by atoms with Crippen LogP contribution in [0.25, 0.3) is 0 Å². The van der Waals surface area contributed by atoms with E-state index in [2.05, 4.69) is 62.5 Å². The zero-order valence-corrected chi connectivity index (χ0v) is 36.6. The Morgan fingerprint density at radius 3 is 1.49 bits per heavy atom. The Morgan fingerprint density at radius 1 is 0.527 bits per heavy atom. The van der Waals surface area contributed by atoms with Gasteiger partial charge in [-0.2, -0.15) is 0 Å². The molecule has 0 aliphatic carbocycles. The molecule has 0 spiro atoms. The number of aliphatic hydroxyl groups is 2. The number of amides is 1. The first-order valence-corrected chi connectivity index (χ1v) is 23.7. The zero-order chi connectivity index (χ0) is 40.3. The average Bonchev–Trinajstić information content (AvgIpc) is 3.18. The highest BCUT2D eigenvalue weighted by molar-refractivity contribution is 5.77. The second kappa shape index (κ2) is 43.2. The molecule has 0 saturated heterocycles. The van der Waals surface area contributed by atoms with Crippen molar-refractivity contribution >= 4 is 11.9 Å². The Bertz CT molecular complexity index is 915. The van der Waals surface area contributed by atoms with E-state index in [1.54, 1.807) is 0 Å². The zero-order valence-electron chi connectivity index (χ0n) is 36.6. The van der Waals surface area contributed by atoms with Gasteiger partial charge in [0.2, 0.25) is 5.91 Å². The van der Waals surface area contributed by atoms with E-state index < -0.39 is 18.2 Å². The Labute approximate surface area is 341 Å². The standard InChI is InChI=1S/C49H91NO5/c1-4-7-10-13-16-19-22-23-24-25-26-27-28-31-34-37-40-45(55-49(54)42-39-36-33-30-21-18-15-12-9-6-3)43-48(53)50-46(44-51)47(52)41-38-35-32-29-20-17-14-11-8-5-2/h12,15,24-27,45-47,51-52H,4-11,13-14,16-23,28-44H2,1-3H3,(H,50,53)/b15-12-,25-24+,27-26+. The molecule has 0 rings (SSSR count). The molecule has 3 N–H and O–H groups in total. The number of unbranched alkanes of at least 4 members (excludes halogenated alkanes) is 25. The predicted molar refractivity (Wildman–Crippen MR) is 236 cm³/mol. The molecule has 55 heavy (non-hydrogen) atoms. The number of ether oxygens (including phenoxy) is 1. The lowest BCUT2D eigenvalue weighted by atomic mass is 10.0. The summed E-state index contributed by atoms with van der Waals surface area (Å²) in [5, 5.41) is 23.6. The van der Waals surface area contributed by atoms with E-state index in [0.717, 1.165) is 83.5 Å². The highest BCUT2D eigenvalue weighted by Crippen LogP contribution is 2.17. The van der Waals surface area contributed by atoms with Crippen LogP contribution in [0.5, 0.6) is 0 Å². The first-order chi connectivity index (χ1) is 27.0. The molecule has 0 saturated carbocycles. The van der Waals surface area contributed by atoms with E-state index in [4.69, 9.17) is 4.74 Å². The SMILES string of the molecule is CCC/C=C\CCCCCCCC(=O)OC(CCCCC/C=C/C=C/CCCCCCCCC)CC(=O)NC(CO)C(O)CCCCCCCCCCCC. The van der Waals surface area contributed by atoms with Gasteiger partial charge in [-0.15, -0.1) is 0 Å². The summed E-state index contributed by atoms with van der Waals surface area (Å²) in [7, 11) is 0. The Balaban J connectivity index is 4.64. The Morgan fingerprint density at radius 2 is 0.964 bits per heavy atom. The number of carbonyl (C=O) groups excluding carboxylic acids is 2. The van der Waals surface area contributed by atoms with Crippen LogP contribution in [0.4, 0.5) is 0 Å². The molecule has 0 radical (unpaired) electrons. The van der Waals surface area contributed by atoms with Gasteiger partial charge in [0.05, 0.1) is 25.2 Å². The van der Waals surface area contributed by atoms with Crippen LogP contribution in [0, 0.1) is 0 Å². The maximum Gasteiger partial charge on any atom is 0.306 e. The van der Waals surface area contributed by atoms with Gasteiger partial charge >= 0.3 is 5.97 Å². The van der Waals surface area contributed by atoms with Crippen LogP contribution in [-0.2, 0) is 14.3 Å². The summed E-state index contributed by atoms with van der Waals surface area (Å²) < 4.78 is 5.89. The van der Waals surface area contributed by atoms with Crippen molar-refractivity contribution < 1.29 is 24.5 Å². The van der Waals surface area contributed by atoms with Crippen molar-refractivity contribution in [3.63, 3.8) is 0 Å². The topological polar surface area (TPSA) is 95.9 Å². The molecule has 3 unspecified atom stereocenters. The minimum Gasteiger partial charge on any atom is -0.462 e. The molecule has 0 aromatic heterocycles. The van der Waals surface area contributed by atoms with Gasteiger partial charge in [0.25, 0.3) is 0 Å². The van der Waals surface area contributed by atoms with E-state index in [9.17, 15) is 19.8 Å². The fraction of sp³-hybridized carbons (Fsp3) is 0.837. The molecular formula is C49H91NO5. The van der Waals surface area contributed by atoms with Gasteiger partial charge < -0.3 is 20.3 Å². The first kappa shape index (κ1) is 53.1. The van der Waals surface area contributed by atoms with Crippen molar-refractivity contribution in [2.45, 2.75) is 257 Å². The third kappa shape index (κ3) is 38.7. The van der Waals surface area contributed by atoms with Crippen LogP contribution in [0.3, 0.4) is 0 Å². The minimum atomic E-state index is -0.792. The smallest absolute Gasteiger partial charge is 0.306 e. The van der Waals surface area contributed by atoms with Crippen LogP contribution < -0.4 is 5.32 Å². The molecule has 0 fully saturated rings. The summed E-state index contributed by atoms with van der Waals surface area (Å²) >= 11 is 0. The summed E-state index contributed by atoms with van der Waals surface area (Å²) in [6.45, 7) is 6.39. The number of nitrogens with one attached hydrogen (secondary N) is 1. The van der Waals surface area contributed by atoms with Crippen LogP contribution in [0.2, 0.25) is 0 Å². The molecule has 6 nitrogen and oxygen atoms in total. The lowest BCUT2D eigenvalue weighted by Crippen LogP contribution is -2.46. The molecule has 3 atom stereocenters. The van der Waals surface area contributed by atoms with Crippen LogP contribution >= 0.6 is 0 Å². The van der Waals surface area contributed by atoms with Gasteiger partial charge in [0, 0.05) is 6.42 Å². The lowest BCUT2D eigenvalue weighted by molar-refractivity contribution is -0.151. The van der Waals surface area contributed by atoms with E-state index in [-0.39, 0.29) is 24.9 Å². The molecule has 0 aliphatic heterocycles. The highest BCUT2D eigenvalue weighted by Gasteiger charge is 2.24. The van der Waals surface area contributed by atoms with Crippen molar-refractivity contribution in [1.82, 2.24) is 5.32 Å². The van der Waals surface area contributed by atoms with Crippen molar-refractivity contribution in [3.8, 4) is 0 Å². The summed E-state index contributed by atoms with van der Waals surface area (Å²) in [5.74, 6) is -0.510. The van der Waals surface area contributed by atoms with E-state index in [1.165, 1.54) is 109 Å². The summed E-state index contributed by atoms with van der Waals surface area (Å²) in [6.07, 6.45) is 49.2. The summed E-state index contributed by atoms with van der Waals surface area (Å²) in [6, 6.07) is -0.707. The predicted octanol–water partition coefficient (Wildman–Crippen LogP) is 13.7. The second-order valence-electron chi connectivity index (χ2n) is 16.2. The molecule has 1 amide bonds. The summed E-state index contributed by atoms with van der Waals surface area (Å²) in [4.78, 5) is 26.0. The van der Waals surface area contributed by atoms with Gasteiger partial charge in [-0.05, 0) is 70.6 Å². The third-order valence-electron chi connectivity index (χ3n) is 10.7. The van der Waals surface area contributed by atoms with Crippen molar-refractivity contribution in [2.75, 3.05) is 6.61 Å². The van der Waals surface area contributed by atoms with Crippen molar-refractivity contribution in [1.29, 1.82) is 0 Å². The fourth-order valence-electron chi connectivity index (χ4n) is 7.07. The van der Waals surface area contributed by atoms with Crippen molar-refractivity contribution in [3.05, 3.63) is 36.5 Å². The molecule has 0 heterocycles. The molecule has 0 aromatic rings. The fourth-order valence-corrected chi connectivity index (χ4v) is 7.07. The van der Waals surface area contributed by atoms with Gasteiger partial charge in [-0.1, -0.05) is 192 Å². The Hall–Kier alpha value is -1.92. The lowest BCUT2D eigenvalue weighted by Gasteiger charge is -2.24.